The highest BCUT2D eigenvalue weighted by Gasteiger charge is 2.15. The number of amides is 2. The predicted molar refractivity (Wildman–Crippen MR) is 26.8 cm³/mol. The molecule has 0 rings (SSSR count). The summed E-state index contributed by atoms with van der Waals surface area (Å²) >= 11 is 0. The number of urea groups is 1. The van der Waals surface area contributed by atoms with Gasteiger partial charge in [0.15, 0.2) is 0 Å². The molecule has 0 saturated carbocycles. The third kappa shape index (κ3) is 2.15. The van der Waals surface area contributed by atoms with Crippen molar-refractivity contribution in [3.8, 4) is 0 Å². The topological polar surface area (TPSA) is 104 Å². The van der Waals surface area contributed by atoms with Crippen molar-refractivity contribution in [2.24, 2.45) is 0 Å². The van der Waals surface area contributed by atoms with Gasteiger partial charge in [-0.2, -0.15) is 0 Å². The third-order valence-corrected chi connectivity index (χ3v) is 0.783. The van der Waals surface area contributed by atoms with Gasteiger partial charge in [-0.1, -0.05) is 5.23 Å². The molecular formula is C3H8N2O5. The first kappa shape index (κ1) is 9.11. The van der Waals surface area contributed by atoms with Crippen molar-refractivity contribution in [2.75, 3.05) is 13.5 Å². The van der Waals surface area contributed by atoms with Gasteiger partial charge in [-0.15, -0.1) is 0 Å². The molecule has 60 valence electrons. The Hall–Kier alpha value is -0.890. The van der Waals surface area contributed by atoms with Crippen molar-refractivity contribution >= 4 is 6.03 Å². The van der Waals surface area contributed by atoms with Gasteiger partial charge in [0.1, 0.15) is 13.5 Å². The first-order valence-corrected chi connectivity index (χ1v) is 2.32. The Labute approximate surface area is 56.2 Å². The molecule has 0 atom stereocenters. The van der Waals surface area contributed by atoms with Crippen molar-refractivity contribution in [1.29, 1.82) is 0 Å². The van der Waals surface area contributed by atoms with Crippen LogP contribution in [0.3, 0.4) is 0 Å². The Balaban J connectivity index is 3.89. The van der Waals surface area contributed by atoms with Crippen molar-refractivity contribution in [3.63, 3.8) is 0 Å². The number of aliphatic hydroxyl groups is 2. The van der Waals surface area contributed by atoms with Crippen LogP contribution in [0.1, 0.15) is 0 Å². The quantitative estimate of drug-likeness (QED) is 0.216. The summed E-state index contributed by atoms with van der Waals surface area (Å²) in [4.78, 5) is 10.7. The molecule has 7 nitrogen and oxygen atoms in total. The molecule has 0 aromatic heterocycles. The van der Waals surface area contributed by atoms with Gasteiger partial charge in [0.2, 0.25) is 0 Å². The maximum absolute atomic E-state index is 10.3. The average Bonchev–Trinajstić information content (AvgIpc) is 1.90. The van der Waals surface area contributed by atoms with Gasteiger partial charge in [-0.3, -0.25) is 15.3 Å². The SMILES string of the molecule is O=C(N(O)O)N(CO)CO. The number of rotatable bonds is 2. The molecule has 0 bridgehead atoms. The van der Waals surface area contributed by atoms with E-state index >= 15 is 0 Å². The average molecular weight is 152 g/mol. The van der Waals surface area contributed by atoms with Crippen molar-refractivity contribution < 1.29 is 25.4 Å². The van der Waals surface area contributed by atoms with E-state index in [9.17, 15) is 4.79 Å². The van der Waals surface area contributed by atoms with Crippen molar-refractivity contribution in [2.45, 2.75) is 0 Å². The molecule has 0 spiro atoms. The van der Waals surface area contributed by atoms with E-state index in [-0.39, 0.29) is 0 Å². The molecule has 0 fully saturated rings. The maximum Gasteiger partial charge on any atom is 0.372 e. The van der Waals surface area contributed by atoms with Crippen LogP contribution in [0.25, 0.3) is 0 Å². The minimum absolute atomic E-state index is 0.389. The lowest BCUT2D eigenvalue weighted by molar-refractivity contribution is -0.267. The maximum atomic E-state index is 10.3. The van der Waals surface area contributed by atoms with E-state index in [4.69, 9.17) is 20.6 Å². The summed E-state index contributed by atoms with van der Waals surface area (Å²) in [6.07, 6.45) is 0. The molecule has 0 radical (unpaired) electrons. The highest BCUT2D eigenvalue weighted by molar-refractivity contribution is 5.71. The van der Waals surface area contributed by atoms with Gasteiger partial charge in [0.05, 0.1) is 0 Å². The van der Waals surface area contributed by atoms with Crippen molar-refractivity contribution in [3.05, 3.63) is 0 Å². The Morgan fingerprint density at radius 1 is 1.20 bits per heavy atom. The molecule has 0 unspecified atom stereocenters. The first-order valence-electron chi connectivity index (χ1n) is 2.32. The summed E-state index contributed by atoms with van der Waals surface area (Å²) in [5, 5.41) is 31.8. The van der Waals surface area contributed by atoms with Crippen LogP contribution in [-0.2, 0) is 0 Å². The summed E-state index contributed by atoms with van der Waals surface area (Å²) in [7, 11) is 0. The van der Waals surface area contributed by atoms with Crippen LogP contribution in [0, 0.1) is 0 Å². The number of hydroxylamine groups is 2. The van der Waals surface area contributed by atoms with E-state index in [1.165, 1.54) is 0 Å². The lowest BCUT2D eigenvalue weighted by Gasteiger charge is -2.17. The molecular weight excluding hydrogens is 144 g/mol. The lowest BCUT2D eigenvalue weighted by atomic mass is 10.8. The fourth-order valence-corrected chi connectivity index (χ4v) is 0.292. The fourth-order valence-electron chi connectivity index (χ4n) is 0.292. The number of nitrogens with zero attached hydrogens (tertiary/aromatic N) is 2. The van der Waals surface area contributed by atoms with Gasteiger partial charge >= 0.3 is 6.03 Å². The molecule has 0 aliphatic rings. The lowest BCUT2D eigenvalue weighted by Crippen LogP contribution is -2.40. The second kappa shape index (κ2) is 4.01. The molecule has 4 N–H and O–H groups in total. The molecule has 0 aliphatic carbocycles. The van der Waals surface area contributed by atoms with E-state index in [1.54, 1.807) is 0 Å². The largest absolute Gasteiger partial charge is 0.376 e. The summed E-state index contributed by atoms with van der Waals surface area (Å²) < 4.78 is 0. The fraction of sp³-hybridized carbons (Fsp3) is 0.667. The monoisotopic (exact) mass is 152 g/mol. The Morgan fingerprint density at radius 3 is 1.70 bits per heavy atom. The summed E-state index contributed by atoms with van der Waals surface area (Å²) in [5.41, 5.74) is 0. The normalized spacial score (nSPS) is 9.20. The smallest absolute Gasteiger partial charge is 0.372 e. The zero-order valence-corrected chi connectivity index (χ0v) is 5.01. The summed E-state index contributed by atoms with van der Waals surface area (Å²) in [6, 6.07) is -1.30. The summed E-state index contributed by atoms with van der Waals surface area (Å²) in [6.45, 7) is -1.57. The minimum atomic E-state index is -1.30. The number of carbonyl (C=O) groups is 1. The molecule has 2 amide bonds. The molecule has 10 heavy (non-hydrogen) atoms. The van der Waals surface area contributed by atoms with Crippen LogP contribution < -0.4 is 0 Å². The molecule has 0 aliphatic heterocycles. The number of aliphatic hydroxyl groups excluding tert-OH is 2. The van der Waals surface area contributed by atoms with Gasteiger partial charge in [0, 0.05) is 0 Å². The number of hydrogen-bond donors (Lipinski definition) is 4. The first-order chi connectivity index (χ1) is 4.63. The summed E-state index contributed by atoms with van der Waals surface area (Å²) in [5.74, 6) is 0. The molecule has 0 heterocycles. The van der Waals surface area contributed by atoms with E-state index in [0.29, 0.717) is 4.90 Å². The zero-order chi connectivity index (χ0) is 8.15. The van der Waals surface area contributed by atoms with E-state index in [0.717, 1.165) is 0 Å². The predicted octanol–water partition coefficient (Wildman–Crippen LogP) is -1.61. The van der Waals surface area contributed by atoms with Gasteiger partial charge < -0.3 is 10.2 Å². The van der Waals surface area contributed by atoms with Crippen LogP contribution in [0.5, 0.6) is 0 Å². The molecule has 7 heteroatoms. The standard InChI is InChI=1S/C3H8N2O5/c6-1-4(2-7)3(8)5(9)10/h6-7,9-10H,1-2H2. The minimum Gasteiger partial charge on any atom is -0.376 e. The molecule has 0 saturated heterocycles. The third-order valence-electron chi connectivity index (χ3n) is 0.783. The van der Waals surface area contributed by atoms with Crippen LogP contribution in [0.4, 0.5) is 4.79 Å². The molecule has 0 aromatic rings. The number of hydrogen-bond acceptors (Lipinski definition) is 5. The van der Waals surface area contributed by atoms with Gasteiger partial charge in [0.25, 0.3) is 0 Å². The highest BCUT2D eigenvalue weighted by atomic mass is 16.8. The van der Waals surface area contributed by atoms with E-state index in [1.807, 2.05) is 0 Å². The van der Waals surface area contributed by atoms with Crippen LogP contribution in [0.2, 0.25) is 0 Å². The van der Waals surface area contributed by atoms with E-state index in [2.05, 4.69) is 0 Å². The van der Waals surface area contributed by atoms with Crippen LogP contribution in [0.15, 0.2) is 0 Å². The Morgan fingerprint density at radius 2 is 1.60 bits per heavy atom. The second-order valence-corrected chi connectivity index (χ2v) is 1.39. The van der Waals surface area contributed by atoms with E-state index < -0.39 is 24.7 Å². The van der Waals surface area contributed by atoms with Gasteiger partial charge in [-0.05, 0) is 0 Å². The van der Waals surface area contributed by atoms with Crippen molar-refractivity contribution in [1.82, 2.24) is 10.1 Å². The van der Waals surface area contributed by atoms with Crippen LogP contribution in [-0.4, -0.2) is 50.2 Å². The Kier molecular flexibility index (Phi) is 3.65. The zero-order valence-electron chi connectivity index (χ0n) is 5.01. The van der Waals surface area contributed by atoms with Gasteiger partial charge in [-0.25, -0.2) is 4.79 Å². The second-order valence-electron chi connectivity index (χ2n) is 1.39. The number of carbonyl (C=O) groups excluding carboxylic acids is 1. The van der Waals surface area contributed by atoms with Crippen LogP contribution >= 0.6 is 0 Å². The Bertz CT molecular complexity index is 111. The highest BCUT2D eigenvalue weighted by Crippen LogP contribution is 1.89. The molecule has 0 aromatic carbocycles.